The van der Waals surface area contributed by atoms with Crippen LogP contribution in [0.15, 0.2) is 0 Å². The molecule has 3 nitrogen and oxygen atoms in total. The van der Waals surface area contributed by atoms with E-state index < -0.39 is 0 Å². The van der Waals surface area contributed by atoms with Crippen LogP contribution in [-0.2, 0) is 4.74 Å². The highest BCUT2D eigenvalue weighted by molar-refractivity contribution is 4.93. The first-order valence-corrected chi connectivity index (χ1v) is 4.10. The van der Waals surface area contributed by atoms with Gasteiger partial charge in [0, 0.05) is 38.8 Å². The molecule has 0 saturated carbocycles. The van der Waals surface area contributed by atoms with Crippen LogP contribution >= 0.6 is 0 Å². The van der Waals surface area contributed by atoms with Crippen LogP contribution in [0.4, 0.5) is 0 Å². The quantitative estimate of drug-likeness (QED) is 0.621. The molecule has 0 radical (unpaired) electrons. The number of hydrogen-bond acceptors (Lipinski definition) is 3. The Morgan fingerprint density at radius 3 is 2.55 bits per heavy atom. The van der Waals surface area contributed by atoms with Crippen LogP contribution in [0, 0.1) is 5.41 Å². The summed E-state index contributed by atoms with van der Waals surface area (Å²) < 4.78 is 5.04. The number of hydrogen-bond donors (Lipinski definition) is 1. The smallest absolute Gasteiger partial charge is 0.0469 e. The van der Waals surface area contributed by atoms with Crippen molar-refractivity contribution in [3.8, 4) is 0 Å². The van der Waals surface area contributed by atoms with Crippen molar-refractivity contribution in [3.63, 3.8) is 0 Å². The maximum absolute atomic E-state index is 5.69. The summed E-state index contributed by atoms with van der Waals surface area (Å²) in [6.07, 6.45) is 1.10. The van der Waals surface area contributed by atoms with Gasteiger partial charge >= 0.3 is 0 Å². The van der Waals surface area contributed by atoms with Crippen LogP contribution in [0.5, 0.6) is 0 Å². The van der Waals surface area contributed by atoms with E-state index in [0.717, 1.165) is 32.7 Å². The minimum atomic E-state index is 0.366. The topological polar surface area (TPSA) is 38.5 Å². The average molecular weight is 158 g/mol. The van der Waals surface area contributed by atoms with Crippen LogP contribution in [0.1, 0.15) is 6.42 Å². The summed E-state index contributed by atoms with van der Waals surface area (Å²) in [6.45, 7) is 3.89. The zero-order valence-corrected chi connectivity index (χ0v) is 7.47. The summed E-state index contributed by atoms with van der Waals surface area (Å²) in [5.74, 6) is 0. The maximum atomic E-state index is 5.69. The predicted octanol–water partition coefficient (Wildman–Crippen LogP) is -0.0866. The zero-order valence-electron chi connectivity index (χ0n) is 7.47. The van der Waals surface area contributed by atoms with E-state index in [1.54, 1.807) is 7.11 Å². The zero-order chi connectivity index (χ0) is 8.32. The number of nitrogens with zero attached hydrogens (tertiary/aromatic N) is 1. The third kappa shape index (κ3) is 1.92. The van der Waals surface area contributed by atoms with E-state index in [1.165, 1.54) is 0 Å². The number of methoxy groups -OCH3 is 1. The van der Waals surface area contributed by atoms with E-state index in [9.17, 15) is 0 Å². The molecule has 0 atom stereocenters. The normalized spacial score (nSPS) is 23.2. The highest BCUT2D eigenvalue weighted by atomic mass is 16.5. The summed E-state index contributed by atoms with van der Waals surface area (Å²) in [6, 6.07) is 0. The first kappa shape index (κ1) is 8.97. The van der Waals surface area contributed by atoms with E-state index >= 15 is 0 Å². The van der Waals surface area contributed by atoms with Crippen LogP contribution in [0.3, 0.4) is 0 Å². The Balaban J connectivity index is 2.26. The molecule has 0 aromatic heterocycles. The van der Waals surface area contributed by atoms with Crippen molar-refractivity contribution in [1.82, 2.24) is 4.90 Å². The molecular formula is C8H18N2O. The van der Waals surface area contributed by atoms with E-state index in [2.05, 4.69) is 11.9 Å². The van der Waals surface area contributed by atoms with Crippen LogP contribution < -0.4 is 5.73 Å². The van der Waals surface area contributed by atoms with Gasteiger partial charge in [-0.2, -0.15) is 0 Å². The predicted molar refractivity (Wildman–Crippen MR) is 45.5 cm³/mol. The van der Waals surface area contributed by atoms with Gasteiger partial charge < -0.3 is 15.4 Å². The minimum Gasteiger partial charge on any atom is -0.385 e. The molecule has 1 rings (SSSR count). The Bertz CT molecular complexity index is 121. The fourth-order valence-electron chi connectivity index (χ4n) is 1.81. The molecule has 1 saturated heterocycles. The number of ether oxygens (including phenoxy) is 1. The summed E-state index contributed by atoms with van der Waals surface area (Å²) in [5, 5.41) is 0. The maximum Gasteiger partial charge on any atom is 0.0469 e. The van der Waals surface area contributed by atoms with Gasteiger partial charge in [0.05, 0.1) is 0 Å². The Morgan fingerprint density at radius 1 is 1.55 bits per heavy atom. The largest absolute Gasteiger partial charge is 0.385 e. The standard InChI is InChI=1S/C8H18N2O/c1-10-6-8(5-9,7-10)3-4-11-2/h3-7,9H2,1-2H3. The molecule has 0 aromatic carbocycles. The molecule has 1 aliphatic heterocycles. The summed E-state index contributed by atoms with van der Waals surface area (Å²) in [5.41, 5.74) is 6.06. The van der Waals surface area contributed by atoms with Crippen molar-refractivity contribution in [2.75, 3.05) is 40.4 Å². The molecule has 0 amide bonds. The first-order chi connectivity index (χ1) is 5.22. The van der Waals surface area contributed by atoms with E-state index in [1.807, 2.05) is 0 Å². The first-order valence-electron chi connectivity index (χ1n) is 4.10. The molecule has 1 fully saturated rings. The van der Waals surface area contributed by atoms with Crippen LogP contribution in [0.25, 0.3) is 0 Å². The molecule has 0 aromatic rings. The Morgan fingerprint density at radius 2 is 2.18 bits per heavy atom. The van der Waals surface area contributed by atoms with Gasteiger partial charge in [-0.15, -0.1) is 0 Å². The molecule has 11 heavy (non-hydrogen) atoms. The SMILES string of the molecule is COCCC1(CN)CN(C)C1. The fourth-order valence-corrected chi connectivity index (χ4v) is 1.81. The lowest BCUT2D eigenvalue weighted by atomic mass is 9.77. The molecular weight excluding hydrogens is 140 g/mol. The lowest BCUT2D eigenvalue weighted by Gasteiger charge is -2.48. The van der Waals surface area contributed by atoms with Crippen molar-refractivity contribution >= 4 is 0 Å². The second kappa shape index (κ2) is 3.52. The van der Waals surface area contributed by atoms with Crippen molar-refractivity contribution in [1.29, 1.82) is 0 Å². The van der Waals surface area contributed by atoms with Gasteiger partial charge in [-0.3, -0.25) is 0 Å². The summed E-state index contributed by atoms with van der Waals surface area (Å²) in [7, 11) is 3.87. The summed E-state index contributed by atoms with van der Waals surface area (Å²) >= 11 is 0. The Kier molecular flexibility index (Phi) is 2.87. The van der Waals surface area contributed by atoms with E-state index in [4.69, 9.17) is 10.5 Å². The van der Waals surface area contributed by atoms with Crippen molar-refractivity contribution in [2.24, 2.45) is 11.1 Å². The second-order valence-electron chi connectivity index (χ2n) is 3.62. The molecule has 2 N–H and O–H groups in total. The van der Waals surface area contributed by atoms with Gasteiger partial charge in [0.2, 0.25) is 0 Å². The van der Waals surface area contributed by atoms with Crippen molar-refractivity contribution < 1.29 is 4.74 Å². The molecule has 0 aliphatic carbocycles. The molecule has 0 spiro atoms. The highest BCUT2D eigenvalue weighted by Gasteiger charge is 2.38. The Labute approximate surface area is 68.5 Å². The molecule has 66 valence electrons. The lowest BCUT2D eigenvalue weighted by Crippen LogP contribution is -2.58. The van der Waals surface area contributed by atoms with Crippen molar-refractivity contribution in [3.05, 3.63) is 0 Å². The van der Waals surface area contributed by atoms with Gasteiger partial charge in [0.1, 0.15) is 0 Å². The fraction of sp³-hybridized carbons (Fsp3) is 1.00. The van der Waals surface area contributed by atoms with E-state index in [-0.39, 0.29) is 0 Å². The number of likely N-dealkylation sites (tertiary alicyclic amines) is 1. The molecule has 3 heteroatoms. The van der Waals surface area contributed by atoms with Gasteiger partial charge in [0.15, 0.2) is 0 Å². The van der Waals surface area contributed by atoms with Gasteiger partial charge in [0.25, 0.3) is 0 Å². The van der Waals surface area contributed by atoms with Gasteiger partial charge in [-0.25, -0.2) is 0 Å². The van der Waals surface area contributed by atoms with E-state index in [0.29, 0.717) is 5.41 Å². The molecule has 0 bridgehead atoms. The second-order valence-corrected chi connectivity index (χ2v) is 3.62. The number of rotatable bonds is 4. The molecule has 0 unspecified atom stereocenters. The molecule has 1 aliphatic rings. The van der Waals surface area contributed by atoms with Crippen LogP contribution in [-0.4, -0.2) is 45.3 Å². The van der Waals surface area contributed by atoms with Gasteiger partial charge in [-0.1, -0.05) is 0 Å². The highest BCUT2D eigenvalue weighted by Crippen LogP contribution is 2.31. The molecule has 1 heterocycles. The number of nitrogens with two attached hydrogens (primary N) is 1. The lowest BCUT2D eigenvalue weighted by molar-refractivity contribution is 0.00259. The van der Waals surface area contributed by atoms with Crippen LogP contribution in [0.2, 0.25) is 0 Å². The Hall–Kier alpha value is -0.120. The van der Waals surface area contributed by atoms with Gasteiger partial charge in [-0.05, 0) is 13.5 Å². The third-order valence-corrected chi connectivity index (χ3v) is 2.48. The average Bonchev–Trinajstić information content (AvgIpc) is 1.96. The minimum absolute atomic E-state index is 0.366. The third-order valence-electron chi connectivity index (χ3n) is 2.48. The monoisotopic (exact) mass is 158 g/mol. The summed E-state index contributed by atoms with van der Waals surface area (Å²) in [4.78, 5) is 2.29. The van der Waals surface area contributed by atoms with Crippen molar-refractivity contribution in [2.45, 2.75) is 6.42 Å².